The molecule has 0 amide bonds. The first-order chi connectivity index (χ1) is 10.6. The number of rotatable bonds is 3. The lowest BCUT2D eigenvalue weighted by atomic mass is 10.1. The van der Waals surface area contributed by atoms with E-state index in [4.69, 9.17) is 4.74 Å². The van der Waals surface area contributed by atoms with Crippen molar-refractivity contribution in [3.63, 3.8) is 0 Å². The average molecular weight is 377 g/mol. The van der Waals surface area contributed by atoms with Crippen molar-refractivity contribution in [3.05, 3.63) is 56.9 Å². The van der Waals surface area contributed by atoms with Crippen LogP contribution in [0.4, 0.5) is 0 Å². The van der Waals surface area contributed by atoms with Crippen molar-refractivity contribution in [3.8, 4) is 11.5 Å². The van der Waals surface area contributed by atoms with Gasteiger partial charge in [0.15, 0.2) is 11.5 Å². The Morgan fingerprint density at radius 2 is 2.09 bits per heavy atom. The van der Waals surface area contributed by atoms with Gasteiger partial charge in [-0.3, -0.25) is 4.79 Å². The SMILES string of the molecule is CCOc1cc(Br)cc(/C=C2\Sc3ccccc3C2=O)c1O. The molecule has 0 atom stereocenters. The first-order valence-corrected chi connectivity index (χ1v) is 8.39. The first-order valence-electron chi connectivity index (χ1n) is 6.78. The van der Waals surface area contributed by atoms with Crippen molar-refractivity contribution in [1.29, 1.82) is 0 Å². The fourth-order valence-electron chi connectivity index (χ4n) is 2.25. The van der Waals surface area contributed by atoms with E-state index in [1.807, 2.05) is 31.2 Å². The number of hydrogen-bond donors (Lipinski definition) is 1. The van der Waals surface area contributed by atoms with Crippen molar-refractivity contribution < 1.29 is 14.6 Å². The third kappa shape index (κ3) is 2.78. The van der Waals surface area contributed by atoms with Gasteiger partial charge in [0.2, 0.25) is 5.78 Å². The van der Waals surface area contributed by atoms with E-state index < -0.39 is 0 Å². The second-order valence-corrected chi connectivity index (χ2v) is 6.71. The number of hydrogen-bond acceptors (Lipinski definition) is 4. The molecule has 0 saturated heterocycles. The lowest BCUT2D eigenvalue weighted by molar-refractivity contribution is 0.104. The molecule has 0 saturated carbocycles. The Kier molecular flexibility index (Phi) is 4.27. The Hall–Kier alpha value is -1.72. The monoisotopic (exact) mass is 376 g/mol. The van der Waals surface area contributed by atoms with Crippen molar-refractivity contribution >= 4 is 39.6 Å². The number of phenols is 1. The van der Waals surface area contributed by atoms with Gasteiger partial charge >= 0.3 is 0 Å². The number of ether oxygens (including phenoxy) is 1. The Morgan fingerprint density at radius 3 is 2.82 bits per heavy atom. The molecule has 1 N–H and O–H groups in total. The van der Waals surface area contributed by atoms with E-state index in [0.29, 0.717) is 28.4 Å². The minimum Gasteiger partial charge on any atom is -0.504 e. The van der Waals surface area contributed by atoms with Crippen LogP contribution in [0.5, 0.6) is 11.5 Å². The number of carbonyl (C=O) groups excluding carboxylic acids is 1. The molecule has 5 heteroatoms. The summed E-state index contributed by atoms with van der Waals surface area (Å²) in [6.07, 6.45) is 1.70. The van der Waals surface area contributed by atoms with Crippen LogP contribution in [-0.2, 0) is 0 Å². The smallest absolute Gasteiger partial charge is 0.200 e. The van der Waals surface area contributed by atoms with E-state index >= 15 is 0 Å². The molecule has 0 bridgehead atoms. The van der Waals surface area contributed by atoms with Crippen molar-refractivity contribution in [1.82, 2.24) is 0 Å². The van der Waals surface area contributed by atoms with Gasteiger partial charge in [-0.05, 0) is 37.3 Å². The lowest BCUT2D eigenvalue weighted by Gasteiger charge is -2.09. The van der Waals surface area contributed by atoms with Crippen molar-refractivity contribution in [2.24, 2.45) is 0 Å². The number of Topliss-reactive ketones (excluding diaryl/α,β-unsaturated/α-hetero) is 1. The number of allylic oxidation sites excluding steroid dienone is 1. The van der Waals surface area contributed by atoms with E-state index in [1.165, 1.54) is 11.8 Å². The summed E-state index contributed by atoms with van der Waals surface area (Å²) in [4.78, 5) is 13.9. The molecule has 0 fully saturated rings. The highest BCUT2D eigenvalue weighted by Gasteiger charge is 2.25. The third-order valence-corrected chi connectivity index (χ3v) is 4.79. The molecule has 0 spiro atoms. The molecule has 112 valence electrons. The Labute approximate surface area is 141 Å². The summed E-state index contributed by atoms with van der Waals surface area (Å²) in [5.41, 5.74) is 1.26. The van der Waals surface area contributed by atoms with Crippen LogP contribution in [0.2, 0.25) is 0 Å². The largest absolute Gasteiger partial charge is 0.504 e. The van der Waals surface area contributed by atoms with Gasteiger partial charge in [0.25, 0.3) is 0 Å². The minimum atomic E-state index is -0.0158. The van der Waals surface area contributed by atoms with Gasteiger partial charge in [-0.2, -0.15) is 0 Å². The molecule has 0 aliphatic carbocycles. The number of aromatic hydroxyl groups is 1. The zero-order valence-electron chi connectivity index (χ0n) is 11.8. The van der Waals surface area contributed by atoms with Crippen molar-refractivity contribution in [2.75, 3.05) is 6.61 Å². The topological polar surface area (TPSA) is 46.5 Å². The lowest BCUT2D eigenvalue weighted by Crippen LogP contribution is -1.95. The molecule has 1 aliphatic heterocycles. The Bertz CT molecular complexity index is 783. The van der Waals surface area contributed by atoms with Crippen LogP contribution >= 0.6 is 27.7 Å². The fourth-order valence-corrected chi connectivity index (χ4v) is 3.74. The summed E-state index contributed by atoms with van der Waals surface area (Å²) in [5.74, 6) is 0.427. The van der Waals surface area contributed by atoms with E-state index in [2.05, 4.69) is 15.9 Å². The number of benzene rings is 2. The molecule has 2 aromatic rings. The first kappa shape index (κ1) is 15.2. The Morgan fingerprint density at radius 1 is 1.32 bits per heavy atom. The molecule has 0 unspecified atom stereocenters. The molecular weight excluding hydrogens is 364 g/mol. The van der Waals surface area contributed by atoms with E-state index in [1.54, 1.807) is 18.2 Å². The zero-order valence-corrected chi connectivity index (χ0v) is 14.2. The number of halogens is 1. The number of fused-ring (bicyclic) bond motifs is 1. The summed E-state index contributed by atoms with van der Waals surface area (Å²) in [6.45, 7) is 2.31. The maximum atomic E-state index is 12.4. The van der Waals surface area contributed by atoms with Gasteiger partial charge in [-0.25, -0.2) is 0 Å². The zero-order chi connectivity index (χ0) is 15.7. The number of thioether (sulfide) groups is 1. The summed E-state index contributed by atoms with van der Waals surface area (Å²) >= 11 is 4.82. The van der Waals surface area contributed by atoms with E-state index in [9.17, 15) is 9.90 Å². The highest BCUT2D eigenvalue weighted by molar-refractivity contribution is 9.10. The standard InChI is InChI=1S/C17H13BrO3S/c1-2-21-13-9-11(18)7-10(16(13)19)8-15-17(20)12-5-3-4-6-14(12)22-15/h3-9,19H,2H2,1H3/b15-8-. The van der Waals surface area contributed by atoms with Gasteiger partial charge in [0.05, 0.1) is 11.5 Å². The van der Waals surface area contributed by atoms with Gasteiger partial charge in [0.1, 0.15) is 0 Å². The predicted molar refractivity (Wildman–Crippen MR) is 91.6 cm³/mol. The number of carbonyl (C=O) groups is 1. The van der Waals surface area contributed by atoms with Gasteiger partial charge in [-0.15, -0.1) is 0 Å². The van der Waals surface area contributed by atoms with E-state index in [-0.39, 0.29) is 11.5 Å². The summed E-state index contributed by atoms with van der Waals surface area (Å²) < 4.78 is 6.20. The molecular formula is C17H13BrO3S. The van der Waals surface area contributed by atoms with Crippen LogP contribution < -0.4 is 4.74 Å². The molecule has 3 rings (SSSR count). The van der Waals surface area contributed by atoms with Crippen LogP contribution in [0.25, 0.3) is 6.08 Å². The molecule has 0 radical (unpaired) electrons. The molecule has 2 aromatic carbocycles. The average Bonchev–Trinajstić information content (AvgIpc) is 2.81. The highest BCUT2D eigenvalue weighted by Crippen LogP contribution is 2.43. The summed E-state index contributed by atoms with van der Waals surface area (Å²) in [6, 6.07) is 11.0. The number of phenolic OH excluding ortho intramolecular Hbond substituents is 1. The highest BCUT2D eigenvalue weighted by atomic mass is 79.9. The van der Waals surface area contributed by atoms with Crippen LogP contribution in [0, 0.1) is 0 Å². The Balaban J connectivity index is 2.02. The molecule has 0 aromatic heterocycles. The fraction of sp³-hybridized carbons (Fsp3) is 0.118. The molecule has 3 nitrogen and oxygen atoms in total. The summed E-state index contributed by atoms with van der Waals surface area (Å²) in [7, 11) is 0. The maximum absolute atomic E-state index is 12.4. The van der Waals surface area contributed by atoms with Gasteiger partial charge in [0, 0.05) is 20.5 Å². The molecule has 1 heterocycles. The second kappa shape index (κ2) is 6.18. The summed E-state index contributed by atoms with van der Waals surface area (Å²) in [5, 5.41) is 10.3. The van der Waals surface area contributed by atoms with Crippen LogP contribution in [0.3, 0.4) is 0 Å². The quantitative estimate of drug-likeness (QED) is 0.775. The van der Waals surface area contributed by atoms with Crippen molar-refractivity contribution in [2.45, 2.75) is 11.8 Å². The van der Waals surface area contributed by atoms with Gasteiger partial charge < -0.3 is 9.84 Å². The van der Waals surface area contributed by atoms with Crippen LogP contribution in [-0.4, -0.2) is 17.5 Å². The van der Waals surface area contributed by atoms with Crippen LogP contribution in [0.1, 0.15) is 22.8 Å². The third-order valence-electron chi connectivity index (χ3n) is 3.23. The van der Waals surface area contributed by atoms with E-state index in [0.717, 1.165) is 9.37 Å². The minimum absolute atomic E-state index is 0.0158. The molecule has 1 aliphatic rings. The number of ketones is 1. The predicted octanol–water partition coefficient (Wildman–Crippen LogP) is 4.88. The van der Waals surface area contributed by atoms with Gasteiger partial charge in [-0.1, -0.05) is 39.8 Å². The second-order valence-electron chi connectivity index (χ2n) is 4.71. The normalized spacial score (nSPS) is 15.2. The van der Waals surface area contributed by atoms with Crippen LogP contribution in [0.15, 0.2) is 50.7 Å². The maximum Gasteiger partial charge on any atom is 0.200 e. The molecule has 22 heavy (non-hydrogen) atoms.